The highest BCUT2D eigenvalue weighted by Crippen LogP contribution is 2.24. The van der Waals surface area contributed by atoms with Crippen LogP contribution in [0.2, 0.25) is 5.02 Å². The Bertz CT molecular complexity index is 795. The van der Waals surface area contributed by atoms with Crippen LogP contribution in [0.4, 0.5) is 0 Å². The maximum absolute atomic E-state index is 9.22. The molecule has 0 bridgehead atoms. The minimum Gasteiger partial charge on any atom is -0.357 e. The number of guanidine groups is 1. The van der Waals surface area contributed by atoms with Crippen LogP contribution in [-0.4, -0.2) is 28.7 Å². The highest BCUT2D eigenvalue weighted by Gasteiger charge is 2.27. The molecule has 3 rings (SSSR count). The van der Waals surface area contributed by atoms with Gasteiger partial charge in [0, 0.05) is 23.2 Å². The molecular formula is C18H21ClN6O. The second-order valence-corrected chi connectivity index (χ2v) is 6.57. The van der Waals surface area contributed by atoms with Gasteiger partial charge in [-0.05, 0) is 50.5 Å². The summed E-state index contributed by atoms with van der Waals surface area (Å²) < 4.78 is 5.28. The van der Waals surface area contributed by atoms with E-state index in [1.165, 1.54) is 0 Å². The number of nitrogens with one attached hydrogen (secondary N) is 2. The molecule has 2 unspecified atom stereocenters. The van der Waals surface area contributed by atoms with Crippen molar-refractivity contribution in [3.8, 4) is 17.5 Å². The summed E-state index contributed by atoms with van der Waals surface area (Å²) in [6, 6.07) is 9.74. The number of halogens is 1. The van der Waals surface area contributed by atoms with Gasteiger partial charge in [0.25, 0.3) is 0 Å². The molecule has 0 radical (unpaired) electrons. The molecule has 1 heterocycles. The van der Waals surface area contributed by atoms with Gasteiger partial charge in [-0.3, -0.25) is 0 Å². The van der Waals surface area contributed by atoms with E-state index in [1.807, 2.05) is 19.1 Å². The molecule has 1 aromatic carbocycles. The van der Waals surface area contributed by atoms with Crippen molar-refractivity contribution in [1.82, 2.24) is 20.8 Å². The van der Waals surface area contributed by atoms with Crippen molar-refractivity contribution >= 4 is 17.6 Å². The van der Waals surface area contributed by atoms with E-state index < -0.39 is 0 Å². The topological polar surface area (TPSA) is 99.1 Å². The van der Waals surface area contributed by atoms with Crippen LogP contribution in [-0.2, 0) is 6.54 Å². The number of aliphatic imine (C=N–C) groups is 1. The number of nitriles is 1. The van der Waals surface area contributed by atoms with Crippen molar-refractivity contribution in [2.24, 2.45) is 10.9 Å². The molecule has 1 saturated carbocycles. The lowest BCUT2D eigenvalue weighted by molar-refractivity contribution is 0.380. The molecule has 1 aliphatic carbocycles. The Hall–Kier alpha value is -2.59. The maximum Gasteiger partial charge on any atom is 0.248 e. The third-order valence-electron chi connectivity index (χ3n) is 4.29. The molecule has 1 aromatic heterocycles. The Kier molecular flexibility index (Phi) is 6.08. The average Bonchev–Trinajstić information content (AvgIpc) is 3.29. The van der Waals surface area contributed by atoms with Gasteiger partial charge < -0.3 is 15.2 Å². The third kappa shape index (κ3) is 4.52. The molecular weight excluding hydrogens is 352 g/mol. The van der Waals surface area contributed by atoms with Crippen molar-refractivity contribution in [3.63, 3.8) is 0 Å². The first kappa shape index (κ1) is 18.2. The number of aromatic nitrogens is 2. The molecule has 0 aliphatic heterocycles. The van der Waals surface area contributed by atoms with Crippen LogP contribution in [0.1, 0.15) is 32.1 Å². The van der Waals surface area contributed by atoms with Gasteiger partial charge in [-0.15, -0.1) is 0 Å². The monoisotopic (exact) mass is 372 g/mol. The Labute approximate surface area is 157 Å². The normalized spacial score (nSPS) is 20.0. The van der Waals surface area contributed by atoms with E-state index in [2.05, 4.69) is 31.8 Å². The van der Waals surface area contributed by atoms with E-state index in [0.29, 0.717) is 22.7 Å². The van der Waals surface area contributed by atoms with Gasteiger partial charge in [0.05, 0.1) is 12.0 Å². The average molecular weight is 373 g/mol. The molecule has 2 N–H and O–H groups in total. The summed E-state index contributed by atoms with van der Waals surface area (Å²) in [5.74, 6) is 1.62. The van der Waals surface area contributed by atoms with Crippen LogP contribution in [0.25, 0.3) is 11.4 Å². The second kappa shape index (κ2) is 8.68. The van der Waals surface area contributed by atoms with Crippen molar-refractivity contribution in [2.75, 3.05) is 6.54 Å². The van der Waals surface area contributed by atoms with Gasteiger partial charge >= 0.3 is 0 Å². The van der Waals surface area contributed by atoms with Gasteiger partial charge in [0.15, 0.2) is 5.96 Å². The van der Waals surface area contributed by atoms with E-state index >= 15 is 0 Å². The fourth-order valence-electron chi connectivity index (χ4n) is 2.96. The van der Waals surface area contributed by atoms with Gasteiger partial charge in [-0.2, -0.15) is 10.2 Å². The summed E-state index contributed by atoms with van der Waals surface area (Å²) in [6.45, 7) is 2.99. The molecule has 0 spiro atoms. The lowest BCUT2D eigenvalue weighted by atomic mass is 10.1. The number of benzene rings is 1. The standard InChI is InChI=1S/C18H21ClN6O/c1-2-21-18(23-15-5-3-4-13(15)10-20)22-11-16-24-17(25-26-16)12-6-8-14(19)9-7-12/h6-9,13,15H,2-5,11H2,1H3,(H2,21,22,23). The summed E-state index contributed by atoms with van der Waals surface area (Å²) in [4.78, 5) is 8.87. The van der Waals surface area contributed by atoms with E-state index in [1.54, 1.807) is 12.1 Å². The summed E-state index contributed by atoms with van der Waals surface area (Å²) in [7, 11) is 0. The minimum absolute atomic E-state index is 0.0266. The predicted octanol–water partition coefficient (Wildman–Crippen LogP) is 3.14. The summed E-state index contributed by atoms with van der Waals surface area (Å²) in [5.41, 5.74) is 0.834. The first-order valence-corrected chi connectivity index (χ1v) is 9.10. The first-order valence-electron chi connectivity index (χ1n) is 8.72. The smallest absolute Gasteiger partial charge is 0.248 e. The van der Waals surface area contributed by atoms with Crippen LogP contribution in [0.15, 0.2) is 33.8 Å². The Morgan fingerprint density at radius 3 is 2.92 bits per heavy atom. The number of hydrogen-bond donors (Lipinski definition) is 2. The zero-order valence-corrected chi connectivity index (χ0v) is 15.3. The fourth-order valence-corrected chi connectivity index (χ4v) is 3.09. The molecule has 7 nitrogen and oxygen atoms in total. The maximum atomic E-state index is 9.22. The van der Waals surface area contributed by atoms with Crippen LogP contribution < -0.4 is 10.6 Å². The van der Waals surface area contributed by atoms with Crippen molar-refractivity contribution in [3.05, 3.63) is 35.2 Å². The minimum atomic E-state index is 0.0266. The molecule has 0 saturated heterocycles. The SMILES string of the molecule is CCNC(=NCc1nc(-c2ccc(Cl)cc2)no1)NC1CCCC1C#N. The predicted molar refractivity (Wildman–Crippen MR) is 99.4 cm³/mol. The van der Waals surface area contributed by atoms with Crippen molar-refractivity contribution < 1.29 is 4.52 Å². The van der Waals surface area contributed by atoms with E-state index in [-0.39, 0.29) is 18.5 Å². The number of nitrogens with zero attached hydrogens (tertiary/aromatic N) is 4. The largest absolute Gasteiger partial charge is 0.357 e. The summed E-state index contributed by atoms with van der Waals surface area (Å²) in [6.07, 6.45) is 2.97. The quantitative estimate of drug-likeness (QED) is 0.617. The van der Waals surface area contributed by atoms with Crippen molar-refractivity contribution in [1.29, 1.82) is 5.26 Å². The zero-order chi connectivity index (χ0) is 18.4. The van der Waals surface area contributed by atoms with Gasteiger partial charge in [0.1, 0.15) is 6.54 Å². The van der Waals surface area contributed by atoms with Gasteiger partial charge in [-0.1, -0.05) is 16.8 Å². The number of hydrogen-bond acceptors (Lipinski definition) is 5. The van der Waals surface area contributed by atoms with E-state index in [0.717, 1.165) is 31.4 Å². The second-order valence-electron chi connectivity index (χ2n) is 6.13. The Balaban J connectivity index is 1.66. The highest BCUT2D eigenvalue weighted by molar-refractivity contribution is 6.30. The first-order chi connectivity index (χ1) is 12.7. The lowest BCUT2D eigenvalue weighted by Gasteiger charge is -2.19. The summed E-state index contributed by atoms with van der Waals surface area (Å²) >= 11 is 5.89. The molecule has 8 heteroatoms. The Morgan fingerprint density at radius 2 is 2.19 bits per heavy atom. The van der Waals surface area contributed by atoms with Crippen LogP contribution in [0.5, 0.6) is 0 Å². The molecule has 26 heavy (non-hydrogen) atoms. The Morgan fingerprint density at radius 1 is 1.38 bits per heavy atom. The molecule has 2 atom stereocenters. The van der Waals surface area contributed by atoms with Gasteiger partial charge in [-0.25, -0.2) is 4.99 Å². The van der Waals surface area contributed by atoms with Crippen molar-refractivity contribution in [2.45, 2.75) is 38.8 Å². The molecule has 0 amide bonds. The molecule has 2 aromatic rings. The van der Waals surface area contributed by atoms with Crippen LogP contribution in [0, 0.1) is 17.2 Å². The third-order valence-corrected chi connectivity index (χ3v) is 4.54. The highest BCUT2D eigenvalue weighted by atomic mass is 35.5. The fraction of sp³-hybridized carbons (Fsp3) is 0.444. The number of rotatable bonds is 5. The summed E-state index contributed by atoms with van der Waals surface area (Å²) in [5, 5.41) is 20.4. The lowest BCUT2D eigenvalue weighted by Crippen LogP contribution is -2.44. The van der Waals surface area contributed by atoms with E-state index in [4.69, 9.17) is 16.1 Å². The van der Waals surface area contributed by atoms with Gasteiger partial charge in [0.2, 0.25) is 11.7 Å². The zero-order valence-electron chi connectivity index (χ0n) is 14.6. The van der Waals surface area contributed by atoms with Crippen LogP contribution >= 0.6 is 11.6 Å². The molecule has 1 fully saturated rings. The molecule has 136 valence electrons. The van der Waals surface area contributed by atoms with E-state index in [9.17, 15) is 5.26 Å². The van der Waals surface area contributed by atoms with Crippen LogP contribution in [0.3, 0.4) is 0 Å². The molecule has 1 aliphatic rings.